The van der Waals surface area contributed by atoms with Gasteiger partial charge in [-0.05, 0) is 97.3 Å². The van der Waals surface area contributed by atoms with E-state index in [1.54, 1.807) is 0 Å². The number of benzene rings is 1. The fourth-order valence-electron chi connectivity index (χ4n) is 10.5. The summed E-state index contributed by atoms with van der Waals surface area (Å²) >= 11 is 0. The van der Waals surface area contributed by atoms with Gasteiger partial charge in [-0.1, -0.05) is 26.8 Å². The van der Waals surface area contributed by atoms with Gasteiger partial charge < -0.3 is 24.6 Å². The molecule has 1 aromatic carbocycles. The Hall–Kier alpha value is -1.14. The van der Waals surface area contributed by atoms with Crippen molar-refractivity contribution in [1.82, 2.24) is 0 Å². The molecule has 8 atom stereocenters. The van der Waals surface area contributed by atoms with Gasteiger partial charge in [-0.25, -0.2) is 0 Å². The summed E-state index contributed by atoms with van der Waals surface area (Å²) < 4.78 is 13.0. The molecule has 1 heterocycles. The summed E-state index contributed by atoms with van der Waals surface area (Å²) in [5.74, 6) is 1.35. The van der Waals surface area contributed by atoms with E-state index in [1.165, 1.54) is 16.8 Å². The zero-order valence-electron chi connectivity index (χ0n) is 23.6. The first-order valence-electron chi connectivity index (χ1n) is 14.9. The Morgan fingerprint density at radius 3 is 2.46 bits per heavy atom. The summed E-state index contributed by atoms with van der Waals surface area (Å²) in [5.41, 5.74) is 3.20. The molecule has 0 aromatic heterocycles. The third-order valence-corrected chi connectivity index (χ3v) is 12.4. The summed E-state index contributed by atoms with van der Waals surface area (Å²) in [6, 6.07) is 7.06. The van der Waals surface area contributed by atoms with Crippen molar-refractivity contribution in [1.29, 1.82) is 0 Å². The topological polar surface area (TPSA) is 62.2 Å². The van der Waals surface area contributed by atoms with Crippen LogP contribution in [0.3, 0.4) is 0 Å². The van der Waals surface area contributed by atoms with E-state index in [-0.39, 0.29) is 22.3 Å². The van der Waals surface area contributed by atoms with Gasteiger partial charge in [0.05, 0.1) is 24.9 Å². The molecule has 204 valence electrons. The molecule has 2 spiro atoms. The lowest BCUT2D eigenvalue weighted by Gasteiger charge is -2.70. The van der Waals surface area contributed by atoms with Crippen LogP contribution in [0.25, 0.3) is 0 Å². The van der Waals surface area contributed by atoms with Crippen LogP contribution in [0.4, 0.5) is 5.69 Å². The number of anilines is 1. The molecule has 37 heavy (non-hydrogen) atoms. The van der Waals surface area contributed by atoms with Crippen molar-refractivity contribution in [3.63, 3.8) is 0 Å². The predicted octanol–water partition coefficient (Wildman–Crippen LogP) is 5.27. The van der Waals surface area contributed by atoms with Crippen LogP contribution in [-0.4, -0.2) is 55.0 Å². The van der Waals surface area contributed by atoms with Gasteiger partial charge in [0.15, 0.2) is 5.79 Å². The summed E-state index contributed by atoms with van der Waals surface area (Å²) in [5, 5.41) is 24.1. The normalized spacial score (nSPS) is 46.9. The van der Waals surface area contributed by atoms with Crippen molar-refractivity contribution in [3.8, 4) is 0 Å². The molecule has 4 saturated carbocycles. The Kier molecular flexibility index (Phi) is 5.20. The molecule has 1 aliphatic heterocycles. The Bertz CT molecular complexity index is 1090. The molecule has 5 heteroatoms. The second-order valence-electron chi connectivity index (χ2n) is 15.2. The second kappa shape index (κ2) is 7.74. The van der Waals surface area contributed by atoms with Crippen molar-refractivity contribution in [3.05, 3.63) is 29.3 Å². The van der Waals surface area contributed by atoms with Crippen molar-refractivity contribution in [2.75, 3.05) is 32.2 Å². The minimum absolute atomic E-state index is 0.0195. The van der Waals surface area contributed by atoms with Gasteiger partial charge in [0, 0.05) is 43.5 Å². The molecule has 5 aliphatic carbocycles. The highest BCUT2D eigenvalue weighted by Gasteiger charge is 2.72. The van der Waals surface area contributed by atoms with Crippen LogP contribution in [0.1, 0.15) is 89.2 Å². The average Bonchev–Trinajstić information content (AvgIpc) is 3.15. The number of ether oxygens (including phenoxy) is 2. The monoisotopic (exact) mass is 509 g/mol. The number of fused-ring (bicyclic) bond motifs is 4. The minimum atomic E-state index is -0.789. The highest BCUT2D eigenvalue weighted by molar-refractivity contribution is 5.53. The molecule has 0 amide bonds. The molecule has 0 bridgehead atoms. The number of rotatable bonds is 1. The van der Waals surface area contributed by atoms with Crippen LogP contribution < -0.4 is 4.90 Å². The predicted molar refractivity (Wildman–Crippen MR) is 145 cm³/mol. The lowest BCUT2D eigenvalue weighted by atomic mass is 9.37. The first kappa shape index (κ1) is 24.9. The lowest BCUT2D eigenvalue weighted by molar-refractivity contribution is -0.357. The SMILES string of the molecule is CN(C)c1ccc2c(c1)C[C@]13CCC4(C[C@]1(O)CC[C@@H]1C3C2C[C@]2(C)[C@@H](O)CC[C@@H]12)OCC(C)(C)CO4. The smallest absolute Gasteiger partial charge is 0.171 e. The standard InChI is InChI=1S/C32H47NO4/c1-28(2)18-36-32(37-19-28)13-12-30-15-20-14-21(33(4)5)6-7-22(20)24-16-29(3)25(8-9-26(29)34)23(27(24)30)10-11-31(30,35)17-32/h6-7,14,23-27,34-35H,8-13,15-19H2,1-5H3/t23-,24?,25-,26-,27?,29-,30-,31+/m0/s1. The molecule has 5 fully saturated rings. The van der Waals surface area contributed by atoms with Crippen molar-refractivity contribution in [2.24, 2.45) is 34.0 Å². The van der Waals surface area contributed by atoms with E-state index in [0.29, 0.717) is 43.3 Å². The molecule has 1 aromatic rings. The number of hydrogen-bond donors (Lipinski definition) is 2. The van der Waals surface area contributed by atoms with Gasteiger partial charge in [-0.15, -0.1) is 0 Å². The summed E-state index contributed by atoms with van der Waals surface area (Å²) in [6.45, 7) is 8.16. The zero-order valence-corrected chi connectivity index (χ0v) is 23.6. The molecule has 1 saturated heterocycles. The Morgan fingerprint density at radius 2 is 1.73 bits per heavy atom. The highest BCUT2D eigenvalue weighted by Crippen LogP contribution is 2.74. The molecule has 2 unspecified atom stereocenters. The first-order chi connectivity index (χ1) is 17.4. The van der Waals surface area contributed by atoms with Crippen LogP contribution in [0.5, 0.6) is 0 Å². The third-order valence-electron chi connectivity index (χ3n) is 12.4. The number of aliphatic hydroxyl groups excluding tert-OH is 1. The zero-order chi connectivity index (χ0) is 26.0. The van der Waals surface area contributed by atoms with E-state index >= 15 is 0 Å². The van der Waals surface area contributed by atoms with E-state index in [0.717, 1.165) is 51.4 Å². The Labute approximate surface area is 222 Å². The fourth-order valence-corrected chi connectivity index (χ4v) is 10.5. The second-order valence-corrected chi connectivity index (χ2v) is 15.2. The largest absolute Gasteiger partial charge is 0.393 e. The lowest BCUT2D eigenvalue weighted by Crippen LogP contribution is -2.70. The summed E-state index contributed by atoms with van der Waals surface area (Å²) in [6.07, 6.45) is 8.16. The van der Waals surface area contributed by atoms with Crippen LogP contribution in [0.2, 0.25) is 0 Å². The van der Waals surface area contributed by atoms with Gasteiger partial charge in [0.25, 0.3) is 0 Å². The van der Waals surface area contributed by atoms with Gasteiger partial charge in [-0.2, -0.15) is 0 Å². The molecule has 5 nitrogen and oxygen atoms in total. The highest BCUT2D eigenvalue weighted by atomic mass is 16.7. The molecule has 7 rings (SSSR count). The van der Waals surface area contributed by atoms with E-state index in [9.17, 15) is 10.2 Å². The van der Waals surface area contributed by atoms with Crippen LogP contribution in [0.15, 0.2) is 18.2 Å². The van der Waals surface area contributed by atoms with Crippen molar-refractivity contribution in [2.45, 2.75) is 102 Å². The quantitative estimate of drug-likeness (QED) is 0.540. The average molecular weight is 510 g/mol. The van der Waals surface area contributed by atoms with Crippen molar-refractivity contribution >= 4 is 5.69 Å². The fraction of sp³-hybridized carbons (Fsp3) is 0.812. The van der Waals surface area contributed by atoms with Gasteiger partial charge >= 0.3 is 0 Å². The Balaban J connectivity index is 1.34. The van der Waals surface area contributed by atoms with E-state index in [2.05, 4.69) is 58.0 Å². The van der Waals surface area contributed by atoms with E-state index < -0.39 is 11.4 Å². The molecule has 0 radical (unpaired) electrons. The molecular weight excluding hydrogens is 462 g/mol. The van der Waals surface area contributed by atoms with Crippen molar-refractivity contribution < 1.29 is 19.7 Å². The summed E-state index contributed by atoms with van der Waals surface area (Å²) in [4.78, 5) is 2.19. The number of aliphatic hydroxyl groups is 2. The maximum Gasteiger partial charge on any atom is 0.171 e. The van der Waals surface area contributed by atoms with Gasteiger partial charge in [0.1, 0.15) is 0 Å². The van der Waals surface area contributed by atoms with Gasteiger partial charge in [0.2, 0.25) is 0 Å². The number of nitrogens with zero attached hydrogens (tertiary/aromatic N) is 1. The summed E-state index contributed by atoms with van der Waals surface area (Å²) in [7, 11) is 4.23. The maximum absolute atomic E-state index is 12.8. The maximum atomic E-state index is 12.8. The van der Waals surface area contributed by atoms with Crippen LogP contribution in [0, 0.1) is 34.0 Å². The molecule has 2 N–H and O–H groups in total. The molecule has 6 aliphatic rings. The third kappa shape index (κ3) is 3.30. The van der Waals surface area contributed by atoms with Crippen LogP contribution in [-0.2, 0) is 15.9 Å². The van der Waals surface area contributed by atoms with Crippen LogP contribution >= 0.6 is 0 Å². The van der Waals surface area contributed by atoms with Gasteiger partial charge in [-0.3, -0.25) is 0 Å². The number of hydrogen-bond acceptors (Lipinski definition) is 5. The Morgan fingerprint density at radius 1 is 0.973 bits per heavy atom. The minimum Gasteiger partial charge on any atom is -0.393 e. The van der Waals surface area contributed by atoms with E-state index in [1.807, 2.05) is 0 Å². The first-order valence-corrected chi connectivity index (χ1v) is 14.9. The van der Waals surface area contributed by atoms with E-state index in [4.69, 9.17) is 9.47 Å². The molecular formula is C32H47NO4.